The predicted molar refractivity (Wildman–Crippen MR) is 57.9 cm³/mol. The molecule has 1 N–H and O–H groups in total. The van der Waals surface area contributed by atoms with Gasteiger partial charge in [0.05, 0.1) is 5.56 Å². The molecule has 0 spiro atoms. The molecule has 7 heteroatoms. The summed E-state index contributed by atoms with van der Waals surface area (Å²) in [5, 5.41) is 6.59. The lowest BCUT2D eigenvalue weighted by atomic mass is 10.2. The number of nitrogens with zero attached hydrogens (tertiary/aromatic N) is 2. The highest BCUT2D eigenvalue weighted by Crippen LogP contribution is 2.29. The summed E-state index contributed by atoms with van der Waals surface area (Å²) in [6, 6.07) is 4.85. The highest BCUT2D eigenvalue weighted by atomic mass is 19.4. The van der Waals surface area contributed by atoms with Gasteiger partial charge in [0.25, 0.3) is 0 Å². The van der Waals surface area contributed by atoms with Gasteiger partial charge in [-0.15, -0.1) is 0 Å². The van der Waals surface area contributed by atoms with Crippen molar-refractivity contribution in [3.63, 3.8) is 0 Å². The summed E-state index contributed by atoms with van der Waals surface area (Å²) in [5.41, 5.74) is -0.0438. The number of benzene rings is 1. The first-order chi connectivity index (χ1) is 8.55. The first-order valence-electron chi connectivity index (χ1n) is 5.22. The van der Waals surface area contributed by atoms with Gasteiger partial charge in [0.15, 0.2) is 5.82 Å². The maximum Gasteiger partial charge on any atom is 0.416 e. The van der Waals surface area contributed by atoms with Crippen molar-refractivity contribution >= 4 is 5.69 Å². The predicted octanol–water partition coefficient (Wildman–Crippen LogP) is 2.74. The van der Waals surface area contributed by atoms with Crippen LogP contribution in [0.15, 0.2) is 35.2 Å². The molecule has 0 bridgehead atoms. The molecule has 0 saturated heterocycles. The molecule has 2 rings (SSSR count). The summed E-state index contributed by atoms with van der Waals surface area (Å²) in [6.45, 7) is 0.519. The van der Waals surface area contributed by atoms with E-state index in [1.54, 1.807) is 0 Å². The molecule has 18 heavy (non-hydrogen) atoms. The Labute approximate surface area is 101 Å². The van der Waals surface area contributed by atoms with E-state index in [1.165, 1.54) is 18.5 Å². The summed E-state index contributed by atoms with van der Waals surface area (Å²) >= 11 is 0. The minimum Gasteiger partial charge on any atom is -0.385 e. The van der Waals surface area contributed by atoms with Crippen molar-refractivity contribution in [2.75, 3.05) is 11.9 Å². The molecule has 0 fully saturated rings. The molecule has 1 aromatic heterocycles. The summed E-state index contributed by atoms with van der Waals surface area (Å²) in [5.74, 6) is 0.550. The average molecular weight is 257 g/mol. The Hall–Kier alpha value is -2.05. The van der Waals surface area contributed by atoms with Crippen LogP contribution in [0.4, 0.5) is 18.9 Å². The van der Waals surface area contributed by atoms with E-state index < -0.39 is 11.7 Å². The molecule has 1 heterocycles. The van der Waals surface area contributed by atoms with Gasteiger partial charge in [-0.2, -0.15) is 18.2 Å². The van der Waals surface area contributed by atoms with Crippen molar-refractivity contribution in [2.45, 2.75) is 12.6 Å². The van der Waals surface area contributed by atoms with E-state index in [2.05, 4.69) is 20.0 Å². The maximum atomic E-state index is 12.3. The van der Waals surface area contributed by atoms with Crippen LogP contribution in [0.2, 0.25) is 0 Å². The van der Waals surface area contributed by atoms with Gasteiger partial charge in [0.1, 0.15) is 0 Å². The Balaban J connectivity index is 1.87. The maximum absolute atomic E-state index is 12.3. The van der Waals surface area contributed by atoms with E-state index in [1.807, 2.05) is 0 Å². The number of rotatable bonds is 4. The normalized spacial score (nSPS) is 11.5. The zero-order valence-corrected chi connectivity index (χ0v) is 9.24. The molecular formula is C11H10F3N3O. The van der Waals surface area contributed by atoms with Crippen molar-refractivity contribution in [3.8, 4) is 0 Å². The molecule has 4 nitrogen and oxygen atoms in total. The molecule has 0 aliphatic carbocycles. The second kappa shape index (κ2) is 5.07. The lowest BCUT2D eigenvalue weighted by Gasteiger charge is -2.08. The van der Waals surface area contributed by atoms with Gasteiger partial charge in [-0.1, -0.05) is 5.16 Å². The standard InChI is InChI=1S/C11H10F3N3O/c12-11(13,14)8-1-3-9(4-2-8)15-6-5-10-16-7-18-17-10/h1-4,7,15H,5-6H2. The molecule has 96 valence electrons. The van der Waals surface area contributed by atoms with Crippen LogP contribution in [0.25, 0.3) is 0 Å². The first kappa shape index (κ1) is 12.4. The quantitative estimate of drug-likeness (QED) is 0.915. The van der Waals surface area contributed by atoms with Crippen LogP contribution in [0.1, 0.15) is 11.4 Å². The molecule has 0 aliphatic heterocycles. The average Bonchev–Trinajstić information content (AvgIpc) is 2.82. The zero-order chi connectivity index (χ0) is 13.0. The Morgan fingerprint density at radius 2 is 1.89 bits per heavy atom. The van der Waals surface area contributed by atoms with Crippen LogP contribution in [0.3, 0.4) is 0 Å². The Kier molecular flexibility index (Phi) is 3.50. The van der Waals surface area contributed by atoms with Gasteiger partial charge in [-0.3, -0.25) is 0 Å². The SMILES string of the molecule is FC(F)(F)c1ccc(NCCc2ncon2)cc1. The fourth-order valence-corrected chi connectivity index (χ4v) is 1.40. The van der Waals surface area contributed by atoms with Gasteiger partial charge < -0.3 is 9.84 Å². The summed E-state index contributed by atoms with van der Waals surface area (Å²) in [6.07, 6.45) is -2.53. The van der Waals surface area contributed by atoms with Crippen molar-refractivity contribution in [2.24, 2.45) is 0 Å². The Morgan fingerprint density at radius 3 is 2.44 bits per heavy atom. The fraction of sp³-hybridized carbons (Fsp3) is 0.273. The van der Waals surface area contributed by atoms with E-state index in [-0.39, 0.29) is 0 Å². The minimum absolute atomic E-state index is 0.519. The van der Waals surface area contributed by atoms with Crippen molar-refractivity contribution < 1.29 is 17.7 Å². The van der Waals surface area contributed by atoms with Crippen molar-refractivity contribution in [1.29, 1.82) is 0 Å². The highest BCUT2D eigenvalue weighted by Gasteiger charge is 2.29. The monoisotopic (exact) mass is 257 g/mol. The molecule has 2 aromatic rings. The van der Waals surface area contributed by atoms with E-state index >= 15 is 0 Å². The van der Waals surface area contributed by atoms with E-state index in [0.29, 0.717) is 24.5 Å². The third-order valence-electron chi connectivity index (χ3n) is 2.30. The molecule has 0 radical (unpaired) electrons. The molecule has 0 aliphatic rings. The number of hydrogen-bond donors (Lipinski definition) is 1. The van der Waals surface area contributed by atoms with Gasteiger partial charge >= 0.3 is 6.18 Å². The lowest BCUT2D eigenvalue weighted by molar-refractivity contribution is -0.137. The molecule has 0 atom stereocenters. The Bertz CT molecular complexity index is 479. The fourth-order valence-electron chi connectivity index (χ4n) is 1.40. The summed E-state index contributed by atoms with van der Waals surface area (Å²) in [4.78, 5) is 3.83. The van der Waals surface area contributed by atoms with Crippen molar-refractivity contribution in [1.82, 2.24) is 10.1 Å². The lowest BCUT2D eigenvalue weighted by Crippen LogP contribution is -2.07. The highest BCUT2D eigenvalue weighted by molar-refractivity contribution is 5.45. The van der Waals surface area contributed by atoms with Gasteiger partial charge in [0, 0.05) is 18.7 Å². The van der Waals surface area contributed by atoms with Crippen LogP contribution >= 0.6 is 0 Å². The van der Waals surface area contributed by atoms with Gasteiger partial charge in [0.2, 0.25) is 6.39 Å². The number of hydrogen-bond acceptors (Lipinski definition) is 4. The van der Waals surface area contributed by atoms with Crippen LogP contribution in [-0.2, 0) is 12.6 Å². The van der Waals surface area contributed by atoms with E-state index in [4.69, 9.17) is 0 Å². The number of nitrogens with one attached hydrogen (secondary N) is 1. The molecule has 1 aromatic carbocycles. The topological polar surface area (TPSA) is 51.0 Å². The second-order valence-electron chi connectivity index (χ2n) is 3.60. The smallest absolute Gasteiger partial charge is 0.385 e. The van der Waals surface area contributed by atoms with Crippen LogP contribution < -0.4 is 5.32 Å². The minimum atomic E-state index is -4.30. The molecule has 0 unspecified atom stereocenters. The molecule has 0 amide bonds. The number of halogens is 3. The van der Waals surface area contributed by atoms with E-state index in [0.717, 1.165) is 12.1 Å². The summed E-state index contributed by atoms with van der Waals surface area (Å²) < 4.78 is 41.5. The van der Waals surface area contributed by atoms with Crippen LogP contribution in [-0.4, -0.2) is 16.7 Å². The molecular weight excluding hydrogens is 247 g/mol. The van der Waals surface area contributed by atoms with Gasteiger partial charge in [-0.05, 0) is 24.3 Å². The largest absolute Gasteiger partial charge is 0.416 e. The van der Waals surface area contributed by atoms with Crippen molar-refractivity contribution in [3.05, 3.63) is 42.0 Å². The molecule has 0 saturated carbocycles. The third kappa shape index (κ3) is 3.22. The number of aromatic nitrogens is 2. The third-order valence-corrected chi connectivity index (χ3v) is 2.30. The van der Waals surface area contributed by atoms with Crippen LogP contribution in [0, 0.1) is 0 Å². The van der Waals surface area contributed by atoms with Gasteiger partial charge in [-0.25, -0.2) is 0 Å². The summed E-state index contributed by atoms with van der Waals surface area (Å²) in [7, 11) is 0. The second-order valence-corrected chi connectivity index (χ2v) is 3.60. The first-order valence-corrected chi connectivity index (χ1v) is 5.22. The van der Waals surface area contributed by atoms with Crippen LogP contribution in [0.5, 0.6) is 0 Å². The number of anilines is 1. The Morgan fingerprint density at radius 1 is 1.17 bits per heavy atom. The number of alkyl halides is 3. The van der Waals surface area contributed by atoms with E-state index in [9.17, 15) is 13.2 Å². The zero-order valence-electron chi connectivity index (χ0n) is 9.24.